The van der Waals surface area contributed by atoms with E-state index >= 15 is 0 Å². The van der Waals surface area contributed by atoms with Gasteiger partial charge >= 0.3 is 0 Å². The van der Waals surface area contributed by atoms with E-state index in [2.05, 4.69) is 4.90 Å². The number of anilines is 2. The van der Waals surface area contributed by atoms with E-state index in [1.165, 1.54) is 18.2 Å². The summed E-state index contributed by atoms with van der Waals surface area (Å²) in [6, 6.07) is 12.0. The summed E-state index contributed by atoms with van der Waals surface area (Å²) < 4.78 is 25.6. The summed E-state index contributed by atoms with van der Waals surface area (Å²) in [5.41, 5.74) is 1.26. The van der Waals surface area contributed by atoms with E-state index in [4.69, 9.17) is 34.8 Å². The van der Waals surface area contributed by atoms with Crippen molar-refractivity contribution in [3.8, 4) is 0 Å². The highest BCUT2D eigenvalue weighted by molar-refractivity contribution is 7.92. The van der Waals surface area contributed by atoms with E-state index in [1.54, 1.807) is 4.90 Å². The lowest BCUT2D eigenvalue weighted by molar-refractivity contribution is -0.129. The second-order valence-corrected chi connectivity index (χ2v) is 9.96. The molecule has 1 heterocycles. The van der Waals surface area contributed by atoms with Crippen LogP contribution in [0, 0.1) is 0 Å². The van der Waals surface area contributed by atoms with E-state index in [1.807, 2.05) is 24.3 Å². The van der Waals surface area contributed by atoms with Crippen LogP contribution < -0.4 is 9.21 Å². The van der Waals surface area contributed by atoms with Gasteiger partial charge in [-0.25, -0.2) is 8.42 Å². The van der Waals surface area contributed by atoms with Gasteiger partial charge in [0.1, 0.15) is 6.54 Å². The van der Waals surface area contributed by atoms with Crippen molar-refractivity contribution >= 4 is 62.1 Å². The first kappa shape index (κ1) is 22.0. The molecule has 2 aromatic carbocycles. The number of amides is 1. The maximum absolute atomic E-state index is 12.8. The van der Waals surface area contributed by atoms with Gasteiger partial charge in [0.2, 0.25) is 15.9 Å². The summed E-state index contributed by atoms with van der Waals surface area (Å²) in [5.74, 6) is -0.280. The average molecular weight is 477 g/mol. The molecule has 1 amide bonds. The summed E-state index contributed by atoms with van der Waals surface area (Å²) in [6.45, 7) is 1.92. The standard InChI is InChI=1S/C19H20Cl3N3O3S/c1-29(27,28)25(18-11-15(21)9-16(22)12-18)13-19(26)24-7-5-23(6-8-24)17-4-2-3-14(20)10-17/h2-4,9-12H,5-8,13H2,1H3. The van der Waals surface area contributed by atoms with Crippen LogP contribution >= 0.6 is 34.8 Å². The molecule has 0 spiro atoms. The fraction of sp³-hybridized carbons (Fsp3) is 0.316. The number of piperazine rings is 1. The number of hydrogen-bond acceptors (Lipinski definition) is 4. The van der Waals surface area contributed by atoms with Crippen molar-refractivity contribution in [3.05, 3.63) is 57.5 Å². The Hall–Kier alpha value is -1.67. The van der Waals surface area contributed by atoms with Gasteiger partial charge in [-0.2, -0.15) is 0 Å². The molecule has 3 rings (SSSR count). The molecular formula is C19H20Cl3N3O3S. The fourth-order valence-electron chi connectivity index (χ4n) is 3.19. The highest BCUT2D eigenvalue weighted by Gasteiger charge is 2.27. The minimum atomic E-state index is -3.70. The van der Waals surface area contributed by atoms with Crippen LogP contribution in [0.3, 0.4) is 0 Å². The maximum atomic E-state index is 12.8. The second kappa shape index (κ2) is 9.00. The predicted octanol–water partition coefficient (Wildman–Crippen LogP) is 3.76. The molecule has 2 aromatic rings. The number of carbonyl (C=O) groups is 1. The van der Waals surface area contributed by atoms with E-state index in [0.29, 0.717) is 41.2 Å². The van der Waals surface area contributed by atoms with Crippen LogP contribution in [-0.2, 0) is 14.8 Å². The van der Waals surface area contributed by atoms with E-state index in [9.17, 15) is 13.2 Å². The van der Waals surface area contributed by atoms with Gasteiger partial charge in [0.15, 0.2) is 0 Å². The maximum Gasteiger partial charge on any atom is 0.243 e. The third-order valence-electron chi connectivity index (χ3n) is 4.62. The largest absolute Gasteiger partial charge is 0.368 e. The molecule has 0 atom stereocenters. The summed E-state index contributed by atoms with van der Waals surface area (Å²) >= 11 is 18.0. The van der Waals surface area contributed by atoms with Gasteiger partial charge in [-0.1, -0.05) is 40.9 Å². The van der Waals surface area contributed by atoms with Gasteiger partial charge in [-0.3, -0.25) is 9.10 Å². The zero-order valence-electron chi connectivity index (χ0n) is 15.7. The van der Waals surface area contributed by atoms with Crippen LogP contribution in [0.4, 0.5) is 11.4 Å². The molecule has 6 nitrogen and oxygen atoms in total. The number of halogens is 3. The topological polar surface area (TPSA) is 60.9 Å². The first-order chi connectivity index (χ1) is 13.6. The summed E-state index contributed by atoms with van der Waals surface area (Å²) in [5, 5.41) is 1.25. The smallest absolute Gasteiger partial charge is 0.243 e. The van der Waals surface area contributed by atoms with Crippen molar-refractivity contribution in [1.82, 2.24) is 4.90 Å². The van der Waals surface area contributed by atoms with Crippen LogP contribution in [0.2, 0.25) is 15.1 Å². The zero-order chi connectivity index (χ0) is 21.2. The van der Waals surface area contributed by atoms with Crippen LogP contribution in [0.25, 0.3) is 0 Å². The van der Waals surface area contributed by atoms with Crippen molar-refractivity contribution in [2.45, 2.75) is 0 Å². The minimum Gasteiger partial charge on any atom is -0.368 e. The van der Waals surface area contributed by atoms with Gasteiger partial charge in [-0.05, 0) is 36.4 Å². The van der Waals surface area contributed by atoms with Crippen molar-refractivity contribution < 1.29 is 13.2 Å². The van der Waals surface area contributed by atoms with Gasteiger partial charge in [-0.15, -0.1) is 0 Å². The quantitative estimate of drug-likeness (QED) is 0.659. The number of carbonyl (C=O) groups excluding carboxylic acids is 1. The lowest BCUT2D eigenvalue weighted by Crippen LogP contribution is -2.52. The predicted molar refractivity (Wildman–Crippen MR) is 119 cm³/mol. The van der Waals surface area contributed by atoms with Crippen LogP contribution in [0.5, 0.6) is 0 Å². The average Bonchev–Trinajstić information content (AvgIpc) is 2.64. The highest BCUT2D eigenvalue weighted by atomic mass is 35.5. The number of benzene rings is 2. The molecule has 156 valence electrons. The summed E-state index contributed by atoms with van der Waals surface area (Å²) in [4.78, 5) is 16.6. The number of rotatable bonds is 5. The molecule has 1 saturated heterocycles. The van der Waals surface area contributed by atoms with Gasteiger partial charge < -0.3 is 9.80 Å². The lowest BCUT2D eigenvalue weighted by Gasteiger charge is -2.37. The Morgan fingerprint density at radius 3 is 2.14 bits per heavy atom. The third-order valence-corrected chi connectivity index (χ3v) is 6.43. The van der Waals surface area contributed by atoms with Crippen molar-refractivity contribution in [1.29, 1.82) is 0 Å². The molecule has 29 heavy (non-hydrogen) atoms. The molecular weight excluding hydrogens is 457 g/mol. The molecule has 0 aromatic heterocycles. The van der Waals surface area contributed by atoms with Crippen molar-refractivity contribution in [2.24, 2.45) is 0 Å². The number of sulfonamides is 1. The first-order valence-corrected chi connectivity index (χ1v) is 11.8. The molecule has 0 saturated carbocycles. The Bertz CT molecular complexity index is 989. The normalized spacial score (nSPS) is 14.8. The molecule has 0 radical (unpaired) electrons. The van der Waals surface area contributed by atoms with E-state index in [-0.39, 0.29) is 18.1 Å². The van der Waals surface area contributed by atoms with E-state index < -0.39 is 10.0 Å². The molecule has 1 fully saturated rings. The zero-order valence-corrected chi connectivity index (χ0v) is 18.8. The van der Waals surface area contributed by atoms with E-state index in [0.717, 1.165) is 16.2 Å². The molecule has 0 aliphatic carbocycles. The Morgan fingerprint density at radius 1 is 0.966 bits per heavy atom. The van der Waals surface area contributed by atoms with Crippen molar-refractivity contribution in [3.63, 3.8) is 0 Å². The van der Waals surface area contributed by atoms with Crippen LogP contribution in [0.15, 0.2) is 42.5 Å². The molecule has 0 unspecified atom stereocenters. The van der Waals surface area contributed by atoms with Crippen LogP contribution in [-0.4, -0.2) is 58.2 Å². The van der Waals surface area contributed by atoms with Gasteiger partial charge in [0, 0.05) is 46.9 Å². The summed E-state index contributed by atoms with van der Waals surface area (Å²) in [7, 11) is -3.70. The first-order valence-electron chi connectivity index (χ1n) is 8.85. The molecule has 1 aliphatic rings. The van der Waals surface area contributed by atoms with Gasteiger partial charge in [0.05, 0.1) is 11.9 Å². The Balaban J connectivity index is 1.69. The third kappa shape index (κ3) is 5.69. The summed E-state index contributed by atoms with van der Waals surface area (Å²) in [6.07, 6.45) is 1.05. The number of hydrogen-bond donors (Lipinski definition) is 0. The Morgan fingerprint density at radius 2 is 1.59 bits per heavy atom. The molecule has 0 bridgehead atoms. The highest BCUT2D eigenvalue weighted by Crippen LogP contribution is 2.27. The molecule has 10 heteroatoms. The number of nitrogens with zero attached hydrogens (tertiary/aromatic N) is 3. The Labute approximate surface area is 185 Å². The van der Waals surface area contributed by atoms with Gasteiger partial charge in [0.25, 0.3) is 0 Å². The van der Waals surface area contributed by atoms with Crippen molar-refractivity contribution in [2.75, 3.05) is 48.2 Å². The van der Waals surface area contributed by atoms with Crippen LogP contribution in [0.1, 0.15) is 0 Å². The monoisotopic (exact) mass is 475 g/mol. The SMILES string of the molecule is CS(=O)(=O)N(CC(=O)N1CCN(c2cccc(Cl)c2)CC1)c1cc(Cl)cc(Cl)c1. The fourth-order valence-corrected chi connectivity index (χ4v) is 4.73. The molecule has 1 aliphatic heterocycles. The second-order valence-electron chi connectivity index (χ2n) is 6.74. The lowest BCUT2D eigenvalue weighted by atomic mass is 10.2. The molecule has 0 N–H and O–H groups in total. The Kier molecular flexibility index (Phi) is 6.83. The minimum absolute atomic E-state index is 0.260.